The molecule has 1 heterocycles. The Labute approximate surface area is 83.4 Å². The summed E-state index contributed by atoms with van der Waals surface area (Å²) in [6.07, 6.45) is 2.05. The molecule has 1 aromatic carbocycles. The molecule has 76 valence electrons. The molecule has 1 aliphatic heterocycles. The fourth-order valence-electron chi connectivity index (χ4n) is 1.43. The third kappa shape index (κ3) is 1.43. The van der Waals surface area contributed by atoms with Crippen LogP contribution in [0.25, 0.3) is 0 Å². The molecular weight excluding hydrogens is 202 g/mol. The Kier molecular flexibility index (Phi) is 1.93. The first-order valence-corrected chi connectivity index (χ1v) is 4.08. The van der Waals surface area contributed by atoms with Crippen LogP contribution in [0.1, 0.15) is 5.56 Å². The predicted molar refractivity (Wildman–Crippen MR) is 51.6 cm³/mol. The van der Waals surface area contributed by atoms with E-state index in [0.717, 1.165) is 6.07 Å². The van der Waals surface area contributed by atoms with Crippen molar-refractivity contribution in [2.45, 2.75) is 6.42 Å². The molecule has 0 radical (unpaired) electrons. The lowest BCUT2D eigenvalue weighted by Crippen LogP contribution is -1.97. The summed E-state index contributed by atoms with van der Waals surface area (Å²) in [6.45, 7) is 0. The van der Waals surface area contributed by atoms with Crippen molar-refractivity contribution in [3.8, 4) is 0 Å². The second kappa shape index (κ2) is 3.12. The number of nitro benzene ring substituents is 2. The second-order valence-electron chi connectivity index (χ2n) is 3.00. The maximum absolute atomic E-state index is 10.6. The molecule has 0 spiro atoms. The molecule has 0 N–H and O–H groups in total. The minimum atomic E-state index is -0.772. The summed E-state index contributed by atoms with van der Waals surface area (Å²) < 4.78 is 0. The summed E-state index contributed by atoms with van der Waals surface area (Å²) in [6, 6.07) is 2.34. The lowest BCUT2D eigenvalue weighted by molar-refractivity contribution is -0.422. The quantitative estimate of drug-likeness (QED) is 0.544. The van der Waals surface area contributed by atoms with Crippen molar-refractivity contribution in [3.05, 3.63) is 37.9 Å². The van der Waals surface area contributed by atoms with E-state index < -0.39 is 21.2 Å². The Bertz CT molecular complexity index is 495. The molecular formula is C8H5N3O4. The van der Waals surface area contributed by atoms with Gasteiger partial charge in [0, 0.05) is 24.8 Å². The van der Waals surface area contributed by atoms with Gasteiger partial charge in [-0.25, -0.2) is 0 Å². The molecule has 0 atom stereocenters. The van der Waals surface area contributed by atoms with Gasteiger partial charge in [-0.1, -0.05) is 0 Å². The molecule has 0 unspecified atom stereocenters. The maximum Gasteiger partial charge on any atom is 0.348 e. The van der Waals surface area contributed by atoms with Crippen molar-refractivity contribution >= 4 is 23.3 Å². The largest absolute Gasteiger partial charge is 0.348 e. The van der Waals surface area contributed by atoms with Gasteiger partial charge in [0.1, 0.15) is 0 Å². The van der Waals surface area contributed by atoms with Gasteiger partial charge in [0.05, 0.1) is 15.5 Å². The summed E-state index contributed by atoms with van der Waals surface area (Å²) in [5.74, 6) is 0. The van der Waals surface area contributed by atoms with Crippen LogP contribution in [0, 0.1) is 20.2 Å². The molecule has 7 heteroatoms. The van der Waals surface area contributed by atoms with Crippen LogP contribution in [0.4, 0.5) is 17.1 Å². The standard InChI is InChI=1S/C8H5N3O4/c12-10(13)7-3-5-1-2-9-6(5)4-8(7)11(14)15/h2-4H,1H2. The van der Waals surface area contributed by atoms with E-state index in [1.807, 2.05) is 0 Å². The number of hydrogen-bond acceptors (Lipinski definition) is 5. The van der Waals surface area contributed by atoms with Crippen molar-refractivity contribution in [1.29, 1.82) is 0 Å². The smallest absolute Gasteiger partial charge is 0.260 e. The summed E-state index contributed by atoms with van der Waals surface area (Å²) in [5, 5.41) is 21.2. The van der Waals surface area contributed by atoms with Crippen LogP contribution in [0.5, 0.6) is 0 Å². The third-order valence-electron chi connectivity index (χ3n) is 2.11. The van der Waals surface area contributed by atoms with Gasteiger partial charge >= 0.3 is 11.4 Å². The first-order chi connectivity index (χ1) is 7.09. The Hall–Kier alpha value is -2.31. The van der Waals surface area contributed by atoms with Gasteiger partial charge in [0.25, 0.3) is 0 Å². The normalized spacial score (nSPS) is 12.5. The number of fused-ring (bicyclic) bond motifs is 1. The van der Waals surface area contributed by atoms with E-state index in [-0.39, 0.29) is 0 Å². The summed E-state index contributed by atoms with van der Waals surface area (Å²) >= 11 is 0. The number of rotatable bonds is 2. The van der Waals surface area contributed by atoms with Crippen LogP contribution >= 0.6 is 0 Å². The maximum atomic E-state index is 10.6. The van der Waals surface area contributed by atoms with Crippen LogP contribution in [0.15, 0.2) is 17.1 Å². The zero-order chi connectivity index (χ0) is 11.0. The third-order valence-corrected chi connectivity index (χ3v) is 2.11. The minimum Gasteiger partial charge on any atom is -0.260 e. The first kappa shape index (κ1) is 9.25. The van der Waals surface area contributed by atoms with Gasteiger partial charge in [-0.05, 0) is 5.56 Å². The Morgan fingerprint density at radius 3 is 2.33 bits per heavy atom. The van der Waals surface area contributed by atoms with Crippen LogP contribution in [-0.2, 0) is 6.42 Å². The molecule has 0 aliphatic carbocycles. The molecule has 0 aromatic heterocycles. The molecule has 1 aromatic rings. The lowest BCUT2D eigenvalue weighted by Gasteiger charge is -1.98. The molecule has 1 aliphatic rings. The van der Waals surface area contributed by atoms with E-state index in [1.54, 1.807) is 6.21 Å². The van der Waals surface area contributed by atoms with E-state index in [2.05, 4.69) is 4.99 Å². The van der Waals surface area contributed by atoms with Crippen LogP contribution in [0.3, 0.4) is 0 Å². The van der Waals surface area contributed by atoms with Gasteiger partial charge in [-0.3, -0.25) is 25.2 Å². The second-order valence-corrected chi connectivity index (χ2v) is 3.00. The first-order valence-electron chi connectivity index (χ1n) is 4.08. The Morgan fingerprint density at radius 2 is 1.73 bits per heavy atom. The number of benzene rings is 1. The Balaban J connectivity index is 2.65. The zero-order valence-electron chi connectivity index (χ0n) is 7.41. The SMILES string of the molecule is O=[N+]([O-])c1cc2c(cc1[N+](=O)[O-])N=CC2. The molecule has 0 bridgehead atoms. The number of nitro groups is 2. The van der Waals surface area contributed by atoms with Crippen LogP contribution in [0.2, 0.25) is 0 Å². The average Bonchev–Trinajstić information content (AvgIpc) is 2.61. The fourth-order valence-corrected chi connectivity index (χ4v) is 1.43. The van der Waals surface area contributed by atoms with Crippen LogP contribution in [-0.4, -0.2) is 16.1 Å². The van der Waals surface area contributed by atoms with E-state index in [9.17, 15) is 20.2 Å². The number of aliphatic imine (C=N–C) groups is 1. The molecule has 7 nitrogen and oxygen atoms in total. The van der Waals surface area contributed by atoms with Gasteiger partial charge in [-0.2, -0.15) is 0 Å². The van der Waals surface area contributed by atoms with Gasteiger partial charge in [0.15, 0.2) is 0 Å². The monoisotopic (exact) mass is 207 g/mol. The summed E-state index contributed by atoms with van der Waals surface area (Å²) in [5.41, 5.74) is 0.0849. The van der Waals surface area contributed by atoms with Crippen LogP contribution < -0.4 is 0 Å². The van der Waals surface area contributed by atoms with E-state index >= 15 is 0 Å². The van der Waals surface area contributed by atoms with Gasteiger partial charge in [0.2, 0.25) is 0 Å². The topological polar surface area (TPSA) is 98.6 Å². The molecule has 15 heavy (non-hydrogen) atoms. The highest BCUT2D eigenvalue weighted by Gasteiger charge is 2.27. The highest BCUT2D eigenvalue weighted by Crippen LogP contribution is 2.36. The zero-order valence-corrected chi connectivity index (χ0v) is 7.41. The van der Waals surface area contributed by atoms with E-state index in [0.29, 0.717) is 17.7 Å². The van der Waals surface area contributed by atoms with Crippen molar-refractivity contribution in [3.63, 3.8) is 0 Å². The number of nitrogens with zero attached hydrogens (tertiary/aromatic N) is 3. The molecule has 0 saturated heterocycles. The van der Waals surface area contributed by atoms with Crippen molar-refractivity contribution in [1.82, 2.24) is 0 Å². The molecule has 2 rings (SSSR count). The van der Waals surface area contributed by atoms with Gasteiger partial charge in [-0.15, -0.1) is 0 Å². The average molecular weight is 207 g/mol. The van der Waals surface area contributed by atoms with E-state index in [1.165, 1.54) is 6.07 Å². The highest BCUT2D eigenvalue weighted by molar-refractivity contribution is 5.79. The molecule has 0 amide bonds. The van der Waals surface area contributed by atoms with Gasteiger partial charge < -0.3 is 0 Å². The Morgan fingerprint density at radius 1 is 1.13 bits per heavy atom. The fraction of sp³-hybridized carbons (Fsp3) is 0.125. The minimum absolute atomic E-state index is 0.437. The molecule has 0 fully saturated rings. The van der Waals surface area contributed by atoms with Crippen molar-refractivity contribution < 1.29 is 9.85 Å². The summed E-state index contributed by atoms with van der Waals surface area (Å²) in [4.78, 5) is 23.5. The highest BCUT2D eigenvalue weighted by atomic mass is 16.6. The number of hydrogen-bond donors (Lipinski definition) is 0. The lowest BCUT2D eigenvalue weighted by atomic mass is 10.1. The van der Waals surface area contributed by atoms with E-state index in [4.69, 9.17) is 0 Å². The summed E-state index contributed by atoms with van der Waals surface area (Å²) in [7, 11) is 0. The van der Waals surface area contributed by atoms with Crippen molar-refractivity contribution in [2.24, 2.45) is 4.99 Å². The van der Waals surface area contributed by atoms with Crippen molar-refractivity contribution in [2.75, 3.05) is 0 Å². The molecule has 0 saturated carbocycles. The predicted octanol–water partition coefficient (Wildman–Crippen LogP) is 1.76.